The molecule has 0 radical (unpaired) electrons. The van der Waals surface area contributed by atoms with Crippen LogP contribution < -0.4 is 10.2 Å². The first-order chi connectivity index (χ1) is 16.1. The molecule has 0 bridgehead atoms. The molecule has 1 saturated heterocycles. The van der Waals surface area contributed by atoms with E-state index in [1.165, 1.54) is 11.1 Å². The molecule has 162 valence electrons. The molecule has 0 spiro atoms. The summed E-state index contributed by atoms with van der Waals surface area (Å²) in [6.07, 6.45) is 5.12. The van der Waals surface area contributed by atoms with Gasteiger partial charge in [-0.15, -0.1) is 0 Å². The number of nitrogens with zero attached hydrogens (tertiary/aromatic N) is 6. The van der Waals surface area contributed by atoms with Crippen molar-refractivity contribution in [3.05, 3.63) is 59.8 Å². The monoisotopic (exact) mass is 442 g/mol. The maximum absolute atomic E-state index is 13.0. The Kier molecular flexibility index (Phi) is 4.84. The fourth-order valence-electron chi connectivity index (χ4n) is 3.35. The molecule has 1 fully saturated rings. The molecule has 3 heterocycles. The van der Waals surface area contributed by atoms with Crippen molar-refractivity contribution >= 4 is 29.4 Å². The van der Waals surface area contributed by atoms with Crippen molar-refractivity contribution in [1.29, 1.82) is 0 Å². The van der Waals surface area contributed by atoms with E-state index >= 15 is 0 Å². The summed E-state index contributed by atoms with van der Waals surface area (Å²) in [7, 11) is -0.477. The Bertz CT molecular complexity index is 1170. The van der Waals surface area contributed by atoms with Gasteiger partial charge in [0.25, 0.3) is 0 Å². The molecule has 1 aliphatic rings. The molecule has 8 nitrogen and oxygen atoms in total. The van der Waals surface area contributed by atoms with Gasteiger partial charge in [0.1, 0.15) is 5.82 Å². The molecule has 4 rings (SSSR count). The van der Waals surface area contributed by atoms with Crippen LogP contribution in [0.25, 0.3) is 5.69 Å². The summed E-state index contributed by atoms with van der Waals surface area (Å²) >= 11 is 5.97. The number of imidazole rings is 1. The number of amides is 2. The number of hydrogen-bond acceptors (Lipinski definition) is 5. The van der Waals surface area contributed by atoms with E-state index in [4.69, 9.17) is 15.7 Å². The SMILES string of the molecule is [2H]CN1C(=O)N(c2ccnc(N[C@@H](C)c3cn(-c4ccc(Cl)cc4)cn3)n2)C(C(C)C)C1([2H])[2H]. The van der Waals surface area contributed by atoms with Crippen LogP contribution in [0.1, 0.15) is 36.6 Å². The minimum Gasteiger partial charge on any atom is -0.346 e. The highest BCUT2D eigenvalue weighted by Crippen LogP contribution is 2.27. The molecule has 1 aliphatic heterocycles. The molecule has 0 aliphatic carbocycles. The number of carbonyl (C=O) groups is 1. The summed E-state index contributed by atoms with van der Waals surface area (Å²) in [5.74, 6) is 0.365. The van der Waals surface area contributed by atoms with Crippen molar-refractivity contribution in [1.82, 2.24) is 24.4 Å². The predicted molar refractivity (Wildman–Crippen MR) is 122 cm³/mol. The second-order valence-electron chi connectivity index (χ2n) is 7.69. The van der Waals surface area contributed by atoms with Crippen molar-refractivity contribution in [2.45, 2.75) is 32.9 Å². The van der Waals surface area contributed by atoms with E-state index in [9.17, 15) is 4.79 Å². The molecule has 3 aromatic rings. The Hall–Kier alpha value is -3.13. The first-order valence-corrected chi connectivity index (χ1v) is 10.3. The second kappa shape index (κ2) is 8.55. The maximum atomic E-state index is 13.0. The van der Waals surface area contributed by atoms with Gasteiger partial charge >= 0.3 is 6.03 Å². The van der Waals surface area contributed by atoms with Gasteiger partial charge in [-0.1, -0.05) is 25.4 Å². The van der Waals surface area contributed by atoms with Crippen LogP contribution in [0.2, 0.25) is 5.02 Å². The third kappa shape index (κ3) is 4.34. The highest BCUT2D eigenvalue weighted by Gasteiger charge is 2.38. The smallest absolute Gasteiger partial charge is 0.325 e. The first kappa shape index (κ1) is 17.5. The summed E-state index contributed by atoms with van der Waals surface area (Å²) in [6, 6.07) is 7.37. The van der Waals surface area contributed by atoms with Gasteiger partial charge in [-0.05, 0) is 43.2 Å². The molecule has 31 heavy (non-hydrogen) atoms. The van der Waals surface area contributed by atoms with E-state index in [1.807, 2.05) is 55.8 Å². The first-order valence-electron chi connectivity index (χ1n) is 11.6. The van der Waals surface area contributed by atoms with E-state index < -0.39 is 25.6 Å². The average Bonchev–Trinajstić information content (AvgIpc) is 3.35. The largest absolute Gasteiger partial charge is 0.346 e. The number of likely N-dealkylation sites (N-methyl/N-ethyl adjacent to an activating group) is 1. The van der Waals surface area contributed by atoms with Crippen LogP contribution in [-0.4, -0.2) is 50.0 Å². The number of aromatic nitrogens is 4. The van der Waals surface area contributed by atoms with Crippen molar-refractivity contribution in [3.63, 3.8) is 0 Å². The molecule has 1 N–H and O–H groups in total. The number of nitrogens with one attached hydrogen (secondary N) is 1. The highest BCUT2D eigenvalue weighted by molar-refractivity contribution is 6.30. The minimum absolute atomic E-state index is 0.197. The predicted octanol–water partition coefficient (Wildman–Crippen LogP) is 4.39. The van der Waals surface area contributed by atoms with Crippen LogP contribution in [-0.2, 0) is 0 Å². The normalized spacial score (nSPS) is 20.5. The van der Waals surface area contributed by atoms with Gasteiger partial charge in [-0.2, -0.15) is 4.98 Å². The molecule has 2 atom stereocenters. The van der Waals surface area contributed by atoms with Crippen molar-refractivity contribution in [2.75, 3.05) is 23.7 Å². The van der Waals surface area contributed by atoms with E-state index in [0.29, 0.717) is 5.02 Å². The Morgan fingerprint density at radius 1 is 1.23 bits per heavy atom. The van der Waals surface area contributed by atoms with E-state index in [2.05, 4.69) is 20.3 Å². The van der Waals surface area contributed by atoms with E-state index in [1.54, 1.807) is 12.4 Å². The lowest BCUT2D eigenvalue weighted by Crippen LogP contribution is -2.38. The summed E-state index contributed by atoms with van der Waals surface area (Å²) in [6.45, 7) is 3.61. The molecule has 9 heteroatoms. The van der Waals surface area contributed by atoms with Gasteiger partial charge in [0.15, 0.2) is 0 Å². The number of halogens is 1. The van der Waals surface area contributed by atoms with E-state index in [-0.39, 0.29) is 23.7 Å². The van der Waals surface area contributed by atoms with Gasteiger partial charge in [0, 0.05) is 38.0 Å². The second-order valence-corrected chi connectivity index (χ2v) is 8.12. The van der Waals surface area contributed by atoms with Crippen molar-refractivity contribution in [2.24, 2.45) is 5.92 Å². The standard InChI is InChI=1S/C22H26ClN7O/c1-14(2)19-12-28(4)22(31)30(19)20-9-10-24-21(27-20)26-15(3)18-11-29(13-25-18)17-7-5-16(23)6-8-17/h5-11,13-15,19H,12H2,1-4H3,(H,24,26,27)/t15-,19?/m0/s1/i4D,12D2. The summed E-state index contributed by atoms with van der Waals surface area (Å²) < 4.78 is 26.4. The van der Waals surface area contributed by atoms with Gasteiger partial charge in [-0.3, -0.25) is 4.90 Å². The summed E-state index contributed by atoms with van der Waals surface area (Å²) in [4.78, 5) is 28.4. The zero-order chi connectivity index (χ0) is 24.6. The minimum atomic E-state index is -1.99. The topological polar surface area (TPSA) is 79.2 Å². The zero-order valence-corrected chi connectivity index (χ0v) is 18.3. The van der Waals surface area contributed by atoms with Crippen LogP contribution in [0.5, 0.6) is 0 Å². The lowest BCUT2D eigenvalue weighted by atomic mass is 10.0. The third-order valence-electron chi connectivity index (χ3n) is 5.04. The molecular formula is C22H26ClN7O. The molecule has 0 saturated carbocycles. The number of urea groups is 1. The van der Waals surface area contributed by atoms with Crippen molar-refractivity contribution in [3.8, 4) is 5.69 Å². The molecule has 1 unspecified atom stereocenters. The van der Waals surface area contributed by atoms with Crippen LogP contribution in [0.4, 0.5) is 16.6 Å². The van der Waals surface area contributed by atoms with Crippen LogP contribution in [0.15, 0.2) is 49.1 Å². The lowest BCUT2D eigenvalue weighted by molar-refractivity contribution is 0.229. The Morgan fingerprint density at radius 3 is 2.71 bits per heavy atom. The number of anilines is 2. The maximum Gasteiger partial charge on any atom is 0.325 e. The van der Waals surface area contributed by atoms with Gasteiger partial charge in [0.05, 0.1) is 26.8 Å². The quantitative estimate of drug-likeness (QED) is 0.612. The molecule has 1 aromatic carbocycles. The average molecular weight is 443 g/mol. The van der Waals surface area contributed by atoms with Crippen LogP contribution in [0.3, 0.4) is 0 Å². The highest BCUT2D eigenvalue weighted by atomic mass is 35.5. The Morgan fingerprint density at radius 2 is 2.00 bits per heavy atom. The van der Waals surface area contributed by atoms with Gasteiger partial charge in [0.2, 0.25) is 5.95 Å². The van der Waals surface area contributed by atoms with Gasteiger partial charge in [-0.25, -0.2) is 14.8 Å². The zero-order valence-electron chi connectivity index (χ0n) is 20.5. The molecular weight excluding hydrogens is 414 g/mol. The third-order valence-corrected chi connectivity index (χ3v) is 5.29. The Labute approximate surface area is 191 Å². The number of carbonyl (C=O) groups excluding carboxylic acids is 1. The Balaban J connectivity index is 1.56. The summed E-state index contributed by atoms with van der Waals surface area (Å²) in [5.41, 5.74) is 1.69. The fraction of sp³-hybridized carbons (Fsp3) is 0.364. The molecule has 2 aromatic heterocycles. The lowest BCUT2D eigenvalue weighted by Gasteiger charge is -2.25. The van der Waals surface area contributed by atoms with Gasteiger partial charge < -0.3 is 14.8 Å². The molecule has 2 amide bonds. The number of hydrogen-bond donors (Lipinski definition) is 1. The number of benzene rings is 1. The van der Waals surface area contributed by atoms with Crippen LogP contribution >= 0.6 is 11.6 Å². The van der Waals surface area contributed by atoms with Crippen molar-refractivity contribution < 1.29 is 8.91 Å². The van der Waals surface area contributed by atoms with Crippen LogP contribution in [0, 0.1) is 5.92 Å². The number of rotatable bonds is 6. The summed E-state index contributed by atoms with van der Waals surface area (Å²) in [5, 5.41) is 3.86. The van der Waals surface area contributed by atoms with E-state index in [0.717, 1.165) is 16.3 Å². The fourth-order valence-corrected chi connectivity index (χ4v) is 3.47.